The molecule has 24 heavy (non-hydrogen) atoms. The molecular weight excluding hydrogens is 353 g/mol. The molecule has 0 aromatic carbocycles. The van der Waals surface area contributed by atoms with Crippen LogP contribution in [0.25, 0.3) is 0 Å². The number of nitrogens with one attached hydrogen (secondary N) is 2. The SMILES string of the molecule is Cl.Cn1cc(NC(=O)c2ccn(C3CCCNC3)n2)cc(Cl)c1=O. The van der Waals surface area contributed by atoms with Crippen LogP contribution >= 0.6 is 24.0 Å². The van der Waals surface area contributed by atoms with Gasteiger partial charge in [0.1, 0.15) is 5.02 Å². The average molecular weight is 372 g/mol. The Morgan fingerprint density at radius 2 is 2.29 bits per heavy atom. The number of nitrogens with zero attached hydrogens (tertiary/aromatic N) is 3. The lowest BCUT2D eigenvalue weighted by atomic mass is 10.1. The van der Waals surface area contributed by atoms with Gasteiger partial charge in [-0.3, -0.25) is 14.3 Å². The van der Waals surface area contributed by atoms with Gasteiger partial charge in [-0.25, -0.2) is 0 Å². The third kappa shape index (κ3) is 3.98. The summed E-state index contributed by atoms with van der Waals surface area (Å²) < 4.78 is 3.15. The number of anilines is 1. The molecule has 3 rings (SSSR count). The molecule has 9 heteroatoms. The third-order valence-electron chi connectivity index (χ3n) is 3.88. The summed E-state index contributed by atoms with van der Waals surface area (Å²) in [5.41, 5.74) is 0.482. The molecule has 0 radical (unpaired) electrons. The minimum Gasteiger partial charge on any atom is -0.319 e. The van der Waals surface area contributed by atoms with Crippen LogP contribution in [0, 0.1) is 0 Å². The molecule has 0 bridgehead atoms. The van der Waals surface area contributed by atoms with Crippen LogP contribution in [0.2, 0.25) is 5.02 Å². The van der Waals surface area contributed by atoms with Crippen LogP contribution in [0.3, 0.4) is 0 Å². The quantitative estimate of drug-likeness (QED) is 0.862. The van der Waals surface area contributed by atoms with E-state index in [-0.39, 0.29) is 34.9 Å². The normalized spacial score (nSPS) is 17.2. The van der Waals surface area contributed by atoms with E-state index >= 15 is 0 Å². The highest BCUT2D eigenvalue weighted by atomic mass is 35.5. The molecule has 7 nitrogen and oxygen atoms in total. The molecule has 130 valence electrons. The van der Waals surface area contributed by atoms with Crippen LogP contribution in [0.1, 0.15) is 29.4 Å². The van der Waals surface area contributed by atoms with Crippen molar-refractivity contribution in [1.82, 2.24) is 19.7 Å². The molecule has 1 fully saturated rings. The Bertz CT molecular complexity index is 754. The van der Waals surface area contributed by atoms with Crippen LogP contribution in [-0.2, 0) is 7.05 Å². The standard InChI is InChI=1S/C15H18ClN5O2.ClH/c1-20-9-10(7-12(16)15(20)23)18-14(22)13-4-6-21(19-13)11-3-2-5-17-8-11;/h4,6-7,9,11,17H,2-3,5,8H2,1H3,(H,18,22);1H. The summed E-state index contributed by atoms with van der Waals surface area (Å²) >= 11 is 5.84. The summed E-state index contributed by atoms with van der Waals surface area (Å²) in [6.07, 6.45) is 5.49. The Kier molecular flexibility index (Phi) is 6.04. The molecule has 1 aliphatic rings. The van der Waals surface area contributed by atoms with Gasteiger partial charge in [-0.2, -0.15) is 5.10 Å². The lowest BCUT2D eigenvalue weighted by Crippen LogP contribution is -2.32. The van der Waals surface area contributed by atoms with Crippen LogP contribution in [0.4, 0.5) is 5.69 Å². The highest BCUT2D eigenvalue weighted by Crippen LogP contribution is 2.16. The first-order chi connectivity index (χ1) is 11.0. The van der Waals surface area contributed by atoms with Crippen molar-refractivity contribution < 1.29 is 4.79 Å². The van der Waals surface area contributed by atoms with Gasteiger partial charge >= 0.3 is 0 Å². The Labute approximate surface area is 150 Å². The van der Waals surface area contributed by atoms with Crippen molar-refractivity contribution in [2.45, 2.75) is 18.9 Å². The second-order valence-corrected chi connectivity index (χ2v) is 6.04. The summed E-state index contributed by atoms with van der Waals surface area (Å²) in [5.74, 6) is -0.331. The molecule has 0 spiro atoms. The number of halogens is 2. The summed E-state index contributed by atoms with van der Waals surface area (Å²) in [6.45, 7) is 1.89. The molecule has 0 aliphatic carbocycles. The fourth-order valence-corrected chi connectivity index (χ4v) is 2.91. The van der Waals surface area contributed by atoms with E-state index in [1.807, 2.05) is 10.9 Å². The molecule has 1 aliphatic heterocycles. The average Bonchev–Trinajstić information content (AvgIpc) is 3.03. The first-order valence-electron chi connectivity index (χ1n) is 7.48. The number of carbonyl (C=O) groups excluding carboxylic acids is 1. The molecule has 2 aromatic rings. The van der Waals surface area contributed by atoms with Crippen LogP contribution < -0.4 is 16.2 Å². The molecule has 3 heterocycles. The Morgan fingerprint density at radius 1 is 1.50 bits per heavy atom. The van der Waals surface area contributed by atoms with Crippen molar-refractivity contribution in [2.24, 2.45) is 7.05 Å². The number of aromatic nitrogens is 3. The second-order valence-electron chi connectivity index (χ2n) is 5.63. The van der Waals surface area contributed by atoms with E-state index < -0.39 is 0 Å². The summed E-state index contributed by atoms with van der Waals surface area (Å²) in [4.78, 5) is 23.8. The Hall–Kier alpha value is -1.83. The van der Waals surface area contributed by atoms with Gasteiger partial charge in [0.05, 0.1) is 11.7 Å². The van der Waals surface area contributed by atoms with Crippen molar-refractivity contribution in [3.63, 3.8) is 0 Å². The summed E-state index contributed by atoms with van der Waals surface area (Å²) in [7, 11) is 1.58. The van der Waals surface area contributed by atoms with E-state index in [4.69, 9.17) is 11.6 Å². The highest BCUT2D eigenvalue weighted by Gasteiger charge is 2.18. The van der Waals surface area contributed by atoms with E-state index in [1.54, 1.807) is 13.1 Å². The van der Waals surface area contributed by atoms with Crippen molar-refractivity contribution >= 4 is 35.6 Å². The monoisotopic (exact) mass is 371 g/mol. The number of hydrogen-bond acceptors (Lipinski definition) is 4. The second kappa shape index (κ2) is 7.83. The zero-order valence-electron chi connectivity index (χ0n) is 13.2. The maximum Gasteiger partial charge on any atom is 0.276 e. The molecule has 1 atom stereocenters. The zero-order chi connectivity index (χ0) is 16.4. The van der Waals surface area contributed by atoms with Gasteiger partial charge in [-0.1, -0.05) is 11.6 Å². The minimum atomic E-state index is -0.331. The smallest absolute Gasteiger partial charge is 0.276 e. The maximum atomic E-state index is 12.3. The van der Waals surface area contributed by atoms with E-state index in [2.05, 4.69) is 15.7 Å². The molecular formula is C15H19Cl2N5O2. The Balaban J connectivity index is 0.00000208. The van der Waals surface area contributed by atoms with Gasteiger partial charge in [0.2, 0.25) is 0 Å². The van der Waals surface area contributed by atoms with Crippen molar-refractivity contribution in [1.29, 1.82) is 0 Å². The fourth-order valence-electron chi connectivity index (χ4n) is 2.66. The molecule has 2 aromatic heterocycles. The van der Waals surface area contributed by atoms with Gasteiger partial charge in [0.25, 0.3) is 11.5 Å². The van der Waals surface area contributed by atoms with E-state index in [1.165, 1.54) is 16.8 Å². The number of carbonyl (C=O) groups is 1. The summed E-state index contributed by atoms with van der Waals surface area (Å²) in [6, 6.07) is 3.40. The minimum absolute atomic E-state index is 0. The number of aryl methyl sites for hydroxylation is 1. The van der Waals surface area contributed by atoms with Gasteiger partial charge in [-0.05, 0) is 31.5 Å². The van der Waals surface area contributed by atoms with Gasteiger partial charge in [0.15, 0.2) is 5.69 Å². The van der Waals surface area contributed by atoms with Crippen molar-refractivity contribution in [3.05, 3.63) is 45.6 Å². The van der Waals surface area contributed by atoms with Crippen molar-refractivity contribution in [3.8, 4) is 0 Å². The lowest BCUT2D eigenvalue weighted by Gasteiger charge is -2.22. The fraction of sp³-hybridized carbons (Fsp3) is 0.400. The first kappa shape index (κ1) is 18.5. The Morgan fingerprint density at radius 3 is 2.96 bits per heavy atom. The lowest BCUT2D eigenvalue weighted by molar-refractivity contribution is 0.102. The maximum absolute atomic E-state index is 12.3. The number of rotatable bonds is 3. The predicted molar refractivity (Wildman–Crippen MR) is 95.3 cm³/mol. The molecule has 1 unspecified atom stereocenters. The van der Waals surface area contributed by atoms with Gasteiger partial charge in [-0.15, -0.1) is 12.4 Å². The van der Waals surface area contributed by atoms with Crippen molar-refractivity contribution in [2.75, 3.05) is 18.4 Å². The third-order valence-corrected chi connectivity index (χ3v) is 4.15. The van der Waals surface area contributed by atoms with E-state index in [0.717, 1.165) is 25.9 Å². The van der Waals surface area contributed by atoms with Crippen LogP contribution in [-0.4, -0.2) is 33.3 Å². The number of amides is 1. The largest absolute Gasteiger partial charge is 0.319 e. The highest BCUT2D eigenvalue weighted by molar-refractivity contribution is 6.30. The van der Waals surface area contributed by atoms with E-state index in [9.17, 15) is 9.59 Å². The molecule has 0 saturated carbocycles. The molecule has 2 N–H and O–H groups in total. The first-order valence-corrected chi connectivity index (χ1v) is 7.86. The zero-order valence-corrected chi connectivity index (χ0v) is 14.7. The van der Waals surface area contributed by atoms with Gasteiger partial charge < -0.3 is 15.2 Å². The van der Waals surface area contributed by atoms with Gasteiger partial charge in [0, 0.05) is 26.0 Å². The topological polar surface area (TPSA) is 81.0 Å². The van der Waals surface area contributed by atoms with E-state index in [0.29, 0.717) is 11.4 Å². The number of piperidine rings is 1. The number of pyridine rings is 1. The van der Waals surface area contributed by atoms with Crippen LogP contribution in [0.5, 0.6) is 0 Å². The molecule has 1 saturated heterocycles. The van der Waals surface area contributed by atoms with Crippen LogP contribution in [0.15, 0.2) is 29.3 Å². The molecule has 1 amide bonds. The number of hydrogen-bond donors (Lipinski definition) is 2. The summed E-state index contributed by atoms with van der Waals surface area (Å²) in [5, 5.41) is 10.4. The predicted octanol–water partition coefficient (Wildman–Crippen LogP) is 1.83.